The predicted molar refractivity (Wildman–Crippen MR) is 93.2 cm³/mol. The first-order valence-electron chi connectivity index (χ1n) is 7.00. The third-order valence-corrected chi connectivity index (χ3v) is 4.67. The van der Waals surface area contributed by atoms with Crippen LogP contribution >= 0.6 is 31.9 Å². The second-order valence-electron chi connectivity index (χ2n) is 5.00. The Bertz CT molecular complexity index is 601. The van der Waals surface area contributed by atoms with Crippen LogP contribution in [0.4, 0.5) is 4.39 Å². The molecule has 0 saturated heterocycles. The zero-order chi connectivity index (χ0) is 15.2. The van der Waals surface area contributed by atoms with Gasteiger partial charge in [-0.1, -0.05) is 57.0 Å². The highest BCUT2D eigenvalue weighted by atomic mass is 79.9. The highest BCUT2D eigenvalue weighted by Gasteiger charge is 2.14. The molecule has 0 spiro atoms. The first-order chi connectivity index (χ1) is 10.1. The maximum Gasteiger partial charge on any atom is 0.124 e. The summed E-state index contributed by atoms with van der Waals surface area (Å²) in [5.41, 5.74) is 2.40. The molecule has 0 aromatic heterocycles. The Morgan fingerprint density at radius 3 is 2.62 bits per heavy atom. The molecule has 2 rings (SSSR count). The van der Waals surface area contributed by atoms with Crippen LogP contribution in [0.2, 0.25) is 0 Å². The summed E-state index contributed by atoms with van der Waals surface area (Å²) in [5.74, 6) is 0.139. The summed E-state index contributed by atoms with van der Waals surface area (Å²) in [7, 11) is 0. The van der Waals surface area contributed by atoms with Crippen molar-refractivity contribution in [2.24, 2.45) is 0 Å². The molecule has 0 amide bonds. The van der Waals surface area contributed by atoms with Gasteiger partial charge in [0.2, 0.25) is 0 Å². The molecule has 0 aliphatic carbocycles. The molecule has 2 aromatic rings. The lowest BCUT2D eigenvalue weighted by atomic mass is 9.92. The van der Waals surface area contributed by atoms with Crippen molar-refractivity contribution in [1.82, 2.24) is 5.32 Å². The maximum absolute atomic E-state index is 13.2. The van der Waals surface area contributed by atoms with Crippen LogP contribution in [0, 0.1) is 5.82 Å². The summed E-state index contributed by atoms with van der Waals surface area (Å²) in [6, 6.07) is 13.3. The third kappa shape index (κ3) is 4.90. The Labute approximate surface area is 142 Å². The predicted octanol–water partition coefficient (Wildman–Crippen LogP) is 5.29. The fourth-order valence-electron chi connectivity index (χ4n) is 2.34. The summed E-state index contributed by atoms with van der Waals surface area (Å²) in [6.45, 7) is 3.94. The van der Waals surface area contributed by atoms with Crippen LogP contribution in [-0.2, 0) is 6.42 Å². The summed E-state index contributed by atoms with van der Waals surface area (Å²) in [4.78, 5) is 0. The van der Waals surface area contributed by atoms with Crippen LogP contribution in [0.1, 0.15) is 24.0 Å². The van der Waals surface area contributed by atoms with Crippen LogP contribution < -0.4 is 5.32 Å². The molecule has 1 atom stereocenters. The lowest BCUT2D eigenvalue weighted by Gasteiger charge is -2.19. The van der Waals surface area contributed by atoms with Gasteiger partial charge in [0.15, 0.2) is 0 Å². The summed E-state index contributed by atoms with van der Waals surface area (Å²) >= 11 is 6.99. The van der Waals surface area contributed by atoms with E-state index in [-0.39, 0.29) is 5.82 Å². The minimum atomic E-state index is -0.212. The van der Waals surface area contributed by atoms with Crippen LogP contribution in [0.15, 0.2) is 51.4 Å². The van der Waals surface area contributed by atoms with Crippen LogP contribution in [0.3, 0.4) is 0 Å². The van der Waals surface area contributed by atoms with Gasteiger partial charge in [0, 0.05) is 21.4 Å². The quantitative estimate of drug-likeness (QED) is 0.677. The van der Waals surface area contributed by atoms with Gasteiger partial charge in [-0.2, -0.15) is 0 Å². The summed E-state index contributed by atoms with van der Waals surface area (Å²) < 4.78 is 15.1. The molecule has 0 saturated carbocycles. The lowest BCUT2D eigenvalue weighted by molar-refractivity contribution is 0.591. The van der Waals surface area contributed by atoms with Gasteiger partial charge >= 0.3 is 0 Å². The lowest BCUT2D eigenvalue weighted by Crippen LogP contribution is -2.22. The standard InChI is InChI=1S/C17H18Br2FN/c1-2-21-11-14(12-4-3-5-15(18)9-12)8-13-6-7-16(20)10-17(13)19/h3-7,9-10,14,21H,2,8,11H2,1H3. The Balaban J connectivity index is 2.23. The minimum absolute atomic E-state index is 0.212. The van der Waals surface area contributed by atoms with E-state index in [1.165, 1.54) is 17.7 Å². The van der Waals surface area contributed by atoms with Crippen molar-refractivity contribution in [2.75, 3.05) is 13.1 Å². The molecular weight excluding hydrogens is 397 g/mol. The van der Waals surface area contributed by atoms with E-state index >= 15 is 0 Å². The SMILES string of the molecule is CCNCC(Cc1ccc(F)cc1Br)c1cccc(Br)c1. The maximum atomic E-state index is 13.2. The molecule has 1 nitrogen and oxygen atoms in total. The number of likely N-dealkylation sites (N-methyl/N-ethyl adjacent to an activating group) is 1. The second-order valence-corrected chi connectivity index (χ2v) is 6.77. The molecule has 0 bridgehead atoms. The Hall–Kier alpha value is -0.710. The van der Waals surface area contributed by atoms with Crippen molar-refractivity contribution in [1.29, 1.82) is 0 Å². The Morgan fingerprint density at radius 1 is 1.14 bits per heavy atom. The van der Waals surface area contributed by atoms with Gasteiger partial charge in [0.1, 0.15) is 5.82 Å². The highest BCUT2D eigenvalue weighted by Crippen LogP contribution is 2.27. The van der Waals surface area contributed by atoms with Gasteiger partial charge < -0.3 is 5.32 Å². The molecule has 4 heteroatoms. The molecule has 21 heavy (non-hydrogen) atoms. The summed E-state index contributed by atoms with van der Waals surface area (Å²) in [6.07, 6.45) is 0.865. The van der Waals surface area contributed by atoms with Crippen molar-refractivity contribution in [3.8, 4) is 0 Å². The van der Waals surface area contributed by atoms with Gasteiger partial charge in [-0.3, -0.25) is 0 Å². The third-order valence-electron chi connectivity index (χ3n) is 3.44. The van der Waals surface area contributed by atoms with Gasteiger partial charge in [0.05, 0.1) is 0 Å². The average molecular weight is 415 g/mol. The fraction of sp³-hybridized carbons (Fsp3) is 0.294. The van der Waals surface area contributed by atoms with Crippen molar-refractivity contribution < 1.29 is 4.39 Å². The highest BCUT2D eigenvalue weighted by molar-refractivity contribution is 9.10. The Kier molecular flexibility index (Phi) is 6.40. The molecule has 0 fully saturated rings. The summed E-state index contributed by atoms with van der Waals surface area (Å²) in [5, 5.41) is 3.41. The van der Waals surface area contributed by atoms with Crippen LogP contribution in [-0.4, -0.2) is 13.1 Å². The van der Waals surface area contributed by atoms with E-state index in [9.17, 15) is 4.39 Å². The molecule has 0 radical (unpaired) electrons. The Morgan fingerprint density at radius 2 is 1.95 bits per heavy atom. The molecule has 0 aliphatic rings. The molecular formula is C17H18Br2FN. The normalized spacial score (nSPS) is 12.4. The van der Waals surface area contributed by atoms with E-state index < -0.39 is 0 Å². The van der Waals surface area contributed by atoms with Crippen LogP contribution in [0.25, 0.3) is 0 Å². The molecule has 112 valence electrons. The zero-order valence-electron chi connectivity index (χ0n) is 11.9. The number of hydrogen-bond donors (Lipinski definition) is 1. The largest absolute Gasteiger partial charge is 0.316 e. The van der Waals surface area contributed by atoms with E-state index in [2.05, 4.69) is 62.3 Å². The molecule has 0 aliphatic heterocycles. The molecule has 2 aromatic carbocycles. The average Bonchev–Trinajstić information content (AvgIpc) is 2.45. The molecule has 1 unspecified atom stereocenters. The molecule has 1 N–H and O–H groups in total. The number of halogens is 3. The van der Waals surface area contributed by atoms with E-state index in [1.807, 2.05) is 12.1 Å². The fourth-order valence-corrected chi connectivity index (χ4v) is 3.27. The van der Waals surface area contributed by atoms with Crippen molar-refractivity contribution in [3.05, 3.63) is 68.4 Å². The molecule has 0 heterocycles. The van der Waals surface area contributed by atoms with E-state index in [4.69, 9.17) is 0 Å². The van der Waals surface area contributed by atoms with Gasteiger partial charge in [-0.05, 0) is 48.4 Å². The number of rotatable bonds is 6. The van der Waals surface area contributed by atoms with E-state index in [1.54, 1.807) is 0 Å². The van der Waals surface area contributed by atoms with Crippen molar-refractivity contribution >= 4 is 31.9 Å². The van der Waals surface area contributed by atoms with Crippen molar-refractivity contribution in [3.63, 3.8) is 0 Å². The zero-order valence-corrected chi connectivity index (χ0v) is 15.0. The van der Waals surface area contributed by atoms with E-state index in [0.29, 0.717) is 5.92 Å². The van der Waals surface area contributed by atoms with E-state index in [0.717, 1.165) is 34.0 Å². The van der Waals surface area contributed by atoms with Gasteiger partial charge in [-0.15, -0.1) is 0 Å². The topological polar surface area (TPSA) is 12.0 Å². The van der Waals surface area contributed by atoms with Crippen molar-refractivity contribution in [2.45, 2.75) is 19.3 Å². The smallest absolute Gasteiger partial charge is 0.124 e. The number of benzene rings is 2. The number of nitrogens with one attached hydrogen (secondary N) is 1. The first kappa shape index (κ1) is 16.7. The van der Waals surface area contributed by atoms with Gasteiger partial charge in [-0.25, -0.2) is 4.39 Å². The second kappa shape index (κ2) is 8.06. The van der Waals surface area contributed by atoms with Gasteiger partial charge in [0.25, 0.3) is 0 Å². The minimum Gasteiger partial charge on any atom is -0.316 e. The number of hydrogen-bond acceptors (Lipinski definition) is 1. The van der Waals surface area contributed by atoms with Crippen LogP contribution in [0.5, 0.6) is 0 Å². The monoisotopic (exact) mass is 413 g/mol. The first-order valence-corrected chi connectivity index (χ1v) is 8.59.